The summed E-state index contributed by atoms with van der Waals surface area (Å²) in [6, 6.07) is 10.5. The van der Waals surface area contributed by atoms with Crippen LogP contribution in [0.15, 0.2) is 46.1 Å². The summed E-state index contributed by atoms with van der Waals surface area (Å²) in [4.78, 5) is 8.58. The highest BCUT2D eigenvalue weighted by Crippen LogP contribution is 2.44. The molecule has 2 N–H and O–H groups in total. The molecule has 1 aliphatic rings. The van der Waals surface area contributed by atoms with Gasteiger partial charge in [0.25, 0.3) is 0 Å². The van der Waals surface area contributed by atoms with Gasteiger partial charge < -0.3 is 15.1 Å². The summed E-state index contributed by atoms with van der Waals surface area (Å²) in [7, 11) is 1.78. The van der Waals surface area contributed by atoms with Crippen molar-refractivity contribution in [2.45, 2.75) is 32.9 Å². The van der Waals surface area contributed by atoms with Gasteiger partial charge >= 0.3 is 0 Å². The van der Waals surface area contributed by atoms with E-state index in [0.717, 1.165) is 23.0 Å². The van der Waals surface area contributed by atoms with Gasteiger partial charge in [-0.15, -0.1) is 0 Å². The first-order valence-corrected chi connectivity index (χ1v) is 7.55. The number of oxazole rings is 1. The Bertz CT molecular complexity index is 660. The normalized spacial score (nSPS) is 19.8. The molecule has 0 aliphatic heterocycles. The van der Waals surface area contributed by atoms with Crippen LogP contribution in [-0.2, 0) is 6.54 Å². The molecule has 0 spiro atoms. The molecular formula is C17H22N4O. The Kier molecular flexibility index (Phi) is 3.88. The molecule has 2 aromatic rings. The van der Waals surface area contributed by atoms with E-state index in [9.17, 15) is 0 Å². The maximum atomic E-state index is 5.53. The maximum Gasteiger partial charge on any atom is 0.191 e. The van der Waals surface area contributed by atoms with E-state index in [1.807, 2.05) is 30.3 Å². The molecule has 1 aliphatic carbocycles. The Morgan fingerprint density at radius 1 is 1.36 bits per heavy atom. The lowest BCUT2D eigenvalue weighted by Gasteiger charge is -2.12. The van der Waals surface area contributed by atoms with Crippen LogP contribution in [0.4, 0.5) is 0 Å². The molecule has 5 nitrogen and oxygen atoms in total. The summed E-state index contributed by atoms with van der Waals surface area (Å²) in [6.45, 7) is 5.08. The maximum absolute atomic E-state index is 5.53. The third-order valence-electron chi connectivity index (χ3n) is 4.15. The van der Waals surface area contributed by atoms with Crippen LogP contribution in [0.5, 0.6) is 0 Å². The first kappa shape index (κ1) is 14.6. The average molecular weight is 298 g/mol. The number of nitrogens with one attached hydrogen (secondary N) is 2. The third-order valence-corrected chi connectivity index (χ3v) is 4.15. The van der Waals surface area contributed by atoms with Crippen molar-refractivity contribution in [2.24, 2.45) is 10.4 Å². The quantitative estimate of drug-likeness (QED) is 0.673. The molecule has 1 aromatic heterocycles. The molecule has 116 valence electrons. The molecule has 0 radical (unpaired) electrons. The van der Waals surface area contributed by atoms with Gasteiger partial charge in [-0.3, -0.25) is 4.99 Å². The van der Waals surface area contributed by atoms with Crippen LogP contribution >= 0.6 is 0 Å². The summed E-state index contributed by atoms with van der Waals surface area (Å²) in [5.41, 5.74) is 2.27. The molecule has 22 heavy (non-hydrogen) atoms. The number of hydrogen-bond acceptors (Lipinski definition) is 3. The Labute approximate surface area is 130 Å². The van der Waals surface area contributed by atoms with Gasteiger partial charge in [-0.2, -0.15) is 0 Å². The number of guanidine groups is 1. The van der Waals surface area contributed by atoms with E-state index in [2.05, 4.69) is 34.5 Å². The minimum atomic E-state index is 0.362. The first-order valence-electron chi connectivity index (χ1n) is 7.55. The van der Waals surface area contributed by atoms with Crippen molar-refractivity contribution in [3.05, 3.63) is 42.4 Å². The SMILES string of the molecule is CN=C(NCc1ncoc1-c1ccccc1)NC1CC1(C)C. The Morgan fingerprint density at radius 2 is 2.09 bits per heavy atom. The zero-order valence-electron chi connectivity index (χ0n) is 13.3. The van der Waals surface area contributed by atoms with Crippen molar-refractivity contribution in [3.63, 3.8) is 0 Å². The Morgan fingerprint density at radius 3 is 2.73 bits per heavy atom. The summed E-state index contributed by atoms with van der Waals surface area (Å²) in [6.07, 6.45) is 2.66. The van der Waals surface area contributed by atoms with Crippen molar-refractivity contribution in [1.82, 2.24) is 15.6 Å². The van der Waals surface area contributed by atoms with Crippen LogP contribution in [0.1, 0.15) is 26.0 Å². The summed E-state index contributed by atoms with van der Waals surface area (Å²) in [5, 5.41) is 6.74. The fraction of sp³-hybridized carbons (Fsp3) is 0.412. The number of nitrogens with zero attached hydrogens (tertiary/aromatic N) is 2. The minimum Gasteiger partial charge on any atom is -0.443 e. The number of benzene rings is 1. The lowest BCUT2D eigenvalue weighted by molar-refractivity contribution is 0.570. The molecule has 3 rings (SSSR count). The van der Waals surface area contributed by atoms with E-state index in [-0.39, 0.29) is 0 Å². The van der Waals surface area contributed by atoms with E-state index in [1.54, 1.807) is 7.05 Å². The van der Waals surface area contributed by atoms with E-state index < -0.39 is 0 Å². The summed E-state index contributed by atoms with van der Waals surface area (Å²) in [5.74, 6) is 1.60. The van der Waals surface area contributed by atoms with E-state index in [4.69, 9.17) is 4.42 Å². The molecule has 0 amide bonds. The topological polar surface area (TPSA) is 62.5 Å². The van der Waals surface area contributed by atoms with Gasteiger partial charge in [0.1, 0.15) is 5.69 Å². The van der Waals surface area contributed by atoms with Crippen LogP contribution in [0.3, 0.4) is 0 Å². The van der Waals surface area contributed by atoms with Crippen molar-refractivity contribution in [1.29, 1.82) is 0 Å². The highest BCUT2D eigenvalue weighted by Gasteiger charge is 2.46. The average Bonchev–Trinajstić information content (AvgIpc) is 2.92. The van der Waals surface area contributed by atoms with Crippen LogP contribution in [0.2, 0.25) is 0 Å². The largest absolute Gasteiger partial charge is 0.443 e. The second-order valence-corrected chi connectivity index (χ2v) is 6.31. The molecule has 1 heterocycles. The van der Waals surface area contributed by atoms with Gasteiger partial charge in [0, 0.05) is 18.7 Å². The summed E-state index contributed by atoms with van der Waals surface area (Å²) < 4.78 is 5.53. The van der Waals surface area contributed by atoms with Crippen molar-refractivity contribution in [3.8, 4) is 11.3 Å². The van der Waals surface area contributed by atoms with Crippen molar-refractivity contribution in [2.75, 3.05) is 7.05 Å². The van der Waals surface area contributed by atoms with Gasteiger partial charge in [-0.25, -0.2) is 4.98 Å². The molecule has 0 bridgehead atoms. The monoisotopic (exact) mass is 298 g/mol. The lowest BCUT2D eigenvalue weighted by Crippen LogP contribution is -2.39. The molecule has 1 aromatic carbocycles. The predicted molar refractivity (Wildman–Crippen MR) is 87.5 cm³/mol. The second-order valence-electron chi connectivity index (χ2n) is 6.31. The summed E-state index contributed by atoms with van der Waals surface area (Å²) >= 11 is 0. The molecule has 1 unspecified atom stereocenters. The number of hydrogen-bond donors (Lipinski definition) is 2. The second kappa shape index (κ2) is 5.83. The zero-order valence-corrected chi connectivity index (χ0v) is 13.3. The number of rotatable bonds is 4. The van der Waals surface area contributed by atoms with E-state index >= 15 is 0 Å². The van der Waals surface area contributed by atoms with Crippen LogP contribution < -0.4 is 10.6 Å². The Hall–Kier alpha value is -2.30. The predicted octanol–water partition coefficient (Wildman–Crippen LogP) is 2.81. The van der Waals surface area contributed by atoms with Gasteiger partial charge in [0.15, 0.2) is 18.1 Å². The zero-order chi connectivity index (χ0) is 15.6. The van der Waals surface area contributed by atoms with Gasteiger partial charge in [-0.05, 0) is 11.8 Å². The van der Waals surface area contributed by atoms with Gasteiger partial charge in [0.05, 0.1) is 6.54 Å². The fourth-order valence-corrected chi connectivity index (χ4v) is 2.46. The van der Waals surface area contributed by atoms with E-state index in [1.165, 1.54) is 12.8 Å². The fourth-order valence-electron chi connectivity index (χ4n) is 2.46. The molecular weight excluding hydrogens is 276 g/mol. The Balaban J connectivity index is 1.63. The third kappa shape index (κ3) is 3.13. The molecule has 1 saturated carbocycles. The van der Waals surface area contributed by atoms with Gasteiger partial charge in [-0.1, -0.05) is 44.2 Å². The molecule has 5 heteroatoms. The smallest absolute Gasteiger partial charge is 0.191 e. The van der Waals surface area contributed by atoms with Crippen LogP contribution in [0, 0.1) is 5.41 Å². The lowest BCUT2D eigenvalue weighted by atomic mass is 10.1. The number of aliphatic imine (C=N–C) groups is 1. The molecule has 0 saturated heterocycles. The highest BCUT2D eigenvalue weighted by molar-refractivity contribution is 5.80. The minimum absolute atomic E-state index is 0.362. The van der Waals surface area contributed by atoms with Crippen molar-refractivity contribution >= 4 is 5.96 Å². The number of aromatic nitrogens is 1. The highest BCUT2D eigenvalue weighted by atomic mass is 16.3. The van der Waals surface area contributed by atoms with Crippen LogP contribution in [-0.4, -0.2) is 24.0 Å². The molecule has 1 fully saturated rings. The molecule has 1 atom stereocenters. The first-order chi connectivity index (χ1) is 10.6. The van der Waals surface area contributed by atoms with E-state index in [0.29, 0.717) is 18.0 Å². The van der Waals surface area contributed by atoms with Gasteiger partial charge in [0.2, 0.25) is 0 Å². The van der Waals surface area contributed by atoms with Crippen molar-refractivity contribution < 1.29 is 4.42 Å². The van der Waals surface area contributed by atoms with Crippen LogP contribution in [0.25, 0.3) is 11.3 Å². The standard InChI is InChI=1S/C17H22N4O/c1-17(2)9-14(17)21-16(18-3)19-10-13-15(22-11-20-13)12-7-5-4-6-8-12/h4-8,11,14H,9-10H2,1-3H3,(H2,18,19,21).